The van der Waals surface area contributed by atoms with E-state index >= 15 is 0 Å². The smallest absolute Gasteiger partial charge is 0.279 e. The summed E-state index contributed by atoms with van der Waals surface area (Å²) in [5, 5.41) is 0. The topological polar surface area (TPSA) is 71.7 Å². The molecule has 0 saturated carbocycles. The Morgan fingerprint density at radius 2 is 1.58 bits per heavy atom. The summed E-state index contributed by atoms with van der Waals surface area (Å²) < 4.78 is 31.0. The van der Waals surface area contributed by atoms with Crippen molar-refractivity contribution in [1.29, 1.82) is 0 Å². The van der Waals surface area contributed by atoms with E-state index in [1.165, 1.54) is 23.5 Å². The van der Waals surface area contributed by atoms with Gasteiger partial charge in [-0.05, 0) is 55.7 Å². The first-order chi connectivity index (χ1) is 15.9. The number of sulfonamides is 1. The number of aromatic nitrogens is 1. The van der Waals surface area contributed by atoms with Crippen molar-refractivity contribution in [2.45, 2.75) is 64.3 Å². The van der Waals surface area contributed by atoms with E-state index in [0.717, 1.165) is 48.9 Å². The maximum Gasteiger partial charge on any atom is 0.279 e. The third-order valence-corrected chi connectivity index (χ3v) is 8.47. The zero-order chi connectivity index (χ0) is 23.8. The molecular weight excluding hydrogens is 454 g/mol. The van der Waals surface area contributed by atoms with Gasteiger partial charge >= 0.3 is 0 Å². The third-order valence-electron chi connectivity index (χ3n) is 5.49. The lowest BCUT2D eigenvalue weighted by Gasteiger charge is -2.22. The van der Waals surface area contributed by atoms with Crippen molar-refractivity contribution in [3.63, 3.8) is 0 Å². The van der Waals surface area contributed by atoms with Crippen LogP contribution in [0.1, 0.15) is 63.2 Å². The summed E-state index contributed by atoms with van der Waals surface area (Å²) in [5.74, 6) is -0.371. The van der Waals surface area contributed by atoms with Crippen LogP contribution in [0.3, 0.4) is 0 Å². The number of nitrogens with zero attached hydrogens (tertiary/aromatic N) is 3. The quantitative estimate of drug-likeness (QED) is 0.361. The third kappa shape index (κ3) is 5.99. The Balaban J connectivity index is 1.89. The van der Waals surface area contributed by atoms with Gasteiger partial charge in [-0.25, -0.2) is 8.42 Å². The molecule has 0 fully saturated rings. The van der Waals surface area contributed by atoms with Crippen LogP contribution in [-0.4, -0.2) is 36.3 Å². The van der Waals surface area contributed by atoms with Gasteiger partial charge in [0.2, 0.25) is 10.0 Å². The fourth-order valence-electron chi connectivity index (χ4n) is 3.64. The molecule has 3 rings (SSSR count). The molecule has 0 aliphatic rings. The number of carbonyl (C=O) groups excluding carboxylic acids is 1. The van der Waals surface area contributed by atoms with Crippen molar-refractivity contribution >= 4 is 37.5 Å². The molecule has 0 bridgehead atoms. The molecule has 0 atom stereocenters. The van der Waals surface area contributed by atoms with Gasteiger partial charge in [0.25, 0.3) is 5.91 Å². The van der Waals surface area contributed by atoms with Crippen molar-refractivity contribution in [3.05, 3.63) is 58.9 Å². The van der Waals surface area contributed by atoms with E-state index in [0.29, 0.717) is 23.5 Å². The van der Waals surface area contributed by atoms with Crippen molar-refractivity contribution in [2.75, 3.05) is 13.1 Å². The van der Waals surface area contributed by atoms with Crippen LogP contribution in [0, 0.1) is 0 Å². The zero-order valence-corrected chi connectivity index (χ0v) is 21.3. The van der Waals surface area contributed by atoms with Crippen molar-refractivity contribution in [2.24, 2.45) is 4.99 Å². The fourth-order valence-corrected chi connectivity index (χ4v) is 6.21. The minimum atomic E-state index is -3.59. The summed E-state index contributed by atoms with van der Waals surface area (Å²) in [6.07, 6.45) is 4.45. The van der Waals surface area contributed by atoms with E-state index in [1.807, 2.05) is 24.3 Å². The van der Waals surface area contributed by atoms with Crippen molar-refractivity contribution in [1.82, 2.24) is 8.87 Å². The van der Waals surface area contributed by atoms with Gasteiger partial charge in [0.05, 0.1) is 15.1 Å². The Bertz CT molecular complexity index is 1230. The van der Waals surface area contributed by atoms with E-state index in [1.54, 1.807) is 16.4 Å². The molecule has 0 spiro atoms. The summed E-state index contributed by atoms with van der Waals surface area (Å²) in [4.78, 5) is 18.1. The molecule has 6 nitrogen and oxygen atoms in total. The second-order valence-corrected chi connectivity index (χ2v) is 11.0. The van der Waals surface area contributed by atoms with Crippen LogP contribution in [0.15, 0.2) is 58.4 Å². The van der Waals surface area contributed by atoms with Gasteiger partial charge in [-0.3, -0.25) is 4.79 Å². The maximum atomic E-state index is 13.1. The lowest BCUT2D eigenvalue weighted by Crippen LogP contribution is -2.33. The fraction of sp³-hybridized carbons (Fsp3) is 0.440. The van der Waals surface area contributed by atoms with Gasteiger partial charge in [-0.15, -0.1) is 0 Å². The van der Waals surface area contributed by atoms with Crippen molar-refractivity contribution < 1.29 is 13.2 Å². The minimum absolute atomic E-state index is 0.217. The summed E-state index contributed by atoms with van der Waals surface area (Å²) >= 11 is 1.49. The molecule has 1 amide bonds. The highest BCUT2D eigenvalue weighted by Gasteiger charge is 2.23. The molecule has 2 aromatic carbocycles. The van der Waals surface area contributed by atoms with Crippen LogP contribution in [0.4, 0.5) is 0 Å². The first-order valence-corrected chi connectivity index (χ1v) is 14.0. The molecule has 0 N–H and O–H groups in total. The number of aryl methyl sites for hydroxylation is 1. The largest absolute Gasteiger partial charge is 0.316 e. The van der Waals surface area contributed by atoms with Gasteiger partial charge in [0, 0.05) is 25.2 Å². The maximum absolute atomic E-state index is 13.1. The summed E-state index contributed by atoms with van der Waals surface area (Å²) in [5.41, 5.74) is 1.44. The molecule has 0 unspecified atom stereocenters. The van der Waals surface area contributed by atoms with E-state index < -0.39 is 10.0 Å². The lowest BCUT2D eigenvalue weighted by atomic mass is 10.2. The number of unbranched alkanes of at least 4 members (excludes halogenated alkanes) is 2. The van der Waals surface area contributed by atoms with Gasteiger partial charge in [0.1, 0.15) is 0 Å². The van der Waals surface area contributed by atoms with Gasteiger partial charge in [-0.2, -0.15) is 9.30 Å². The van der Waals surface area contributed by atoms with Gasteiger partial charge in [-0.1, -0.05) is 57.1 Å². The number of hydrogen-bond donors (Lipinski definition) is 0. The number of benzene rings is 2. The predicted molar refractivity (Wildman–Crippen MR) is 135 cm³/mol. The number of rotatable bonds is 11. The second-order valence-electron chi connectivity index (χ2n) is 8.06. The average molecular weight is 488 g/mol. The number of para-hydroxylation sites is 1. The van der Waals surface area contributed by atoms with Crippen LogP contribution in [0.2, 0.25) is 0 Å². The molecule has 0 aliphatic heterocycles. The van der Waals surface area contributed by atoms with Gasteiger partial charge in [0.15, 0.2) is 4.80 Å². The molecule has 0 saturated heterocycles. The Morgan fingerprint density at radius 3 is 2.18 bits per heavy atom. The Kier molecular flexibility index (Phi) is 9.00. The van der Waals surface area contributed by atoms with Crippen LogP contribution in [-0.2, 0) is 16.6 Å². The number of hydrogen-bond acceptors (Lipinski definition) is 4. The summed E-state index contributed by atoms with van der Waals surface area (Å²) in [6, 6.07) is 14.2. The molecule has 8 heteroatoms. The zero-order valence-electron chi connectivity index (χ0n) is 19.7. The first kappa shape index (κ1) is 25.3. The average Bonchev–Trinajstić information content (AvgIpc) is 3.16. The van der Waals surface area contributed by atoms with Gasteiger partial charge < -0.3 is 4.57 Å². The number of amides is 1. The summed E-state index contributed by atoms with van der Waals surface area (Å²) in [7, 11) is -3.59. The highest BCUT2D eigenvalue weighted by molar-refractivity contribution is 7.89. The molecular formula is C25H33N3O3S2. The Labute approximate surface area is 200 Å². The number of thiazole rings is 1. The normalized spacial score (nSPS) is 12.7. The number of carbonyl (C=O) groups is 1. The van der Waals surface area contributed by atoms with Crippen LogP contribution in [0.25, 0.3) is 10.2 Å². The predicted octanol–water partition coefficient (Wildman–Crippen LogP) is 5.44. The minimum Gasteiger partial charge on any atom is -0.316 e. The summed E-state index contributed by atoms with van der Waals surface area (Å²) in [6.45, 7) is 7.99. The lowest BCUT2D eigenvalue weighted by molar-refractivity contribution is 0.0997. The van der Waals surface area contributed by atoms with E-state index in [9.17, 15) is 13.2 Å². The molecule has 178 valence electrons. The molecule has 33 heavy (non-hydrogen) atoms. The standard InChI is InChI=1S/C25H33N3O3S2/c1-4-7-18-27(19-8-5-2)33(30,31)21-15-13-20(14-16-21)24(29)26-25-28(17-6-3)22-11-9-10-12-23(22)32-25/h9-16H,4-8,17-19H2,1-3H3. The first-order valence-electron chi connectivity index (χ1n) is 11.7. The Morgan fingerprint density at radius 1 is 0.939 bits per heavy atom. The number of fused-ring (bicyclic) bond motifs is 1. The molecule has 1 aromatic heterocycles. The SMILES string of the molecule is CCCCN(CCCC)S(=O)(=O)c1ccc(C(=O)N=c2sc3ccccc3n2CCC)cc1. The highest BCUT2D eigenvalue weighted by Crippen LogP contribution is 2.20. The van der Waals surface area contributed by atoms with E-state index in [2.05, 4.69) is 30.3 Å². The molecule has 3 aromatic rings. The monoisotopic (exact) mass is 487 g/mol. The molecule has 0 radical (unpaired) electrons. The highest BCUT2D eigenvalue weighted by atomic mass is 32.2. The van der Waals surface area contributed by atoms with Crippen LogP contribution >= 0.6 is 11.3 Å². The Hall–Kier alpha value is -2.29. The molecule has 1 heterocycles. The van der Waals surface area contributed by atoms with Crippen molar-refractivity contribution in [3.8, 4) is 0 Å². The van der Waals surface area contributed by atoms with E-state index in [4.69, 9.17) is 0 Å². The van der Waals surface area contributed by atoms with Crippen LogP contribution in [0.5, 0.6) is 0 Å². The van der Waals surface area contributed by atoms with Crippen LogP contribution < -0.4 is 4.80 Å². The molecule has 0 aliphatic carbocycles. The van der Waals surface area contributed by atoms with E-state index in [-0.39, 0.29) is 10.8 Å². The second kappa shape index (κ2) is 11.7.